The average Bonchev–Trinajstić information content (AvgIpc) is 2.85. The third kappa shape index (κ3) is 4.24. The van der Waals surface area contributed by atoms with Crippen molar-refractivity contribution in [3.63, 3.8) is 0 Å². The molecule has 1 aliphatic heterocycles. The Morgan fingerprint density at radius 1 is 1.15 bits per heavy atom. The van der Waals surface area contributed by atoms with Gasteiger partial charge in [0.05, 0.1) is 30.2 Å². The van der Waals surface area contributed by atoms with Crippen molar-refractivity contribution in [2.75, 3.05) is 5.32 Å². The van der Waals surface area contributed by atoms with Crippen molar-refractivity contribution >= 4 is 11.6 Å². The number of halogens is 1. The van der Waals surface area contributed by atoms with E-state index in [0.717, 1.165) is 30.4 Å². The van der Waals surface area contributed by atoms with Gasteiger partial charge in [-0.05, 0) is 37.1 Å². The molecule has 176 valence electrons. The number of fused-ring (bicyclic) bond motifs is 1. The average molecular weight is 464 g/mol. The van der Waals surface area contributed by atoms with Crippen LogP contribution in [0.4, 0.5) is 10.1 Å². The molecule has 1 amide bonds. The highest BCUT2D eigenvalue weighted by Crippen LogP contribution is 2.42. The zero-order valence-corrected chi connectivity index (χ0v) is 18.4. The summed E-state index contributed by atoms with van der Waals surface area (Å²) in [6.45, 7) is 0. The molecule has 4 atom stereocenters. The minimum absolute atomic E-state index is 0.0209. The third-order valence-corrected chi connectivity index (χ3v) is 6.66. The highest BCUT2D eigenvalue weighted by atomic mass is 19.1. The van der Waals surface area contributed by atoms with Gasteiger partial charge >= 0.3 is 0 Å². The molecule has 1 saturated carbocycles. The molecule has 3 aromatic rings. The Balaban J connectivity index is 1.41. The predicted molar refractivity (Wildman–Crippen MR) is 122 cm³/mol. The molecule has 0 radical (unpaired) electrons. The van der Waals surface area contributed by atoms with Gasteiger partial charge in [0.15, 0.2) is 0 Å². The second-order valence-corrected chi connectivity index (χ2v) is 8.74. The summed E-state index contributed by atoms with van der Waals surface area (Å²) in [4.78, 5) is 30.1. The maximum atomic E-state index is 14.2. The SMILES string of the molecule is O=C(Nc1cnccc1[C@H]1C[C@@H](O)[C@H]2CCCC[C@H]2O1)c1ccnn(-c2ccccc2F)c1=O. The quantitative estimate of drug-likeness (QED) is 0.613. The molecule has 1 aromatic carbocycles. The molecule has 2 N–H and O–H groups in total. The summed E-state index contributed by atoms with van der Waals surface area (Å²) in [5, 5.41) is 17.4. The van der Waals surface area contributed by atoms with Gasteiger partial charge in [-0.25, -0.2) is 4.39 Å². The summed E-state index contributed by atoms with van der Waals surface area (Å²) in [5.74, 6) is -1.16. The molecule has 2 fully saturated rings. The first-order valence-electron chi connectivity index (χ1n) is 11.4. The first kappa shape index (κ1) is 22.4. The number of anilines is 1. The molecule has 1 saturated heterocycles. The van der Waals surface area contributed by atoms with Gasteiger partial charge in [0, 0.05) is 30.3 Å². The summed E-state index contributed by atoms with van der Waals surface area (Å²) in [7, 11) is 0. The van der Waals surface area contributed by atoms with Crippen LogP contribution in [0.15, 0.2) is 59.8 Å². The number of ether oxygens (including phenoxy) is 1. The number of carbonyl (C=O) groups is 1. The highest BCUT2D eigenvalue weighted by Gasteiger charge is 2.40. The molecule has 3 heterocycles. The Morgan fingerprint density at radius 2 is 1.97 bits per heavy atom. The number of para-hydroxylation sites is 1. The fourth-order valence-corrected chi connectivity index (χ4v) is 4.96. The van der Waals surface area contributed by atoms with Crippen LogP contribution in [0.25, 0.3) is 5.69 Å². The lowest BCUT2D eigenvalue weighted by Gasteiger charge is -2.43. The van der Waals surface area contributed by atoms with Crippen LogP contribution >= 0.6 is 0 Å². The Morgan fingerprint density at radius 3 is 2.82 bits per heavy atom. The van der Waals surface area contributed by atoms with Crippen molar-refractivity contribution in [3.05, 3.63) is 82.3 Å². The van der Waals surface area contributed by atoms with E-state index in [1.807, 2.05) is 0 Å². The zero-order valence-electron chi connectivity index (χ0n) is 18.4. The largest absolute Gasteiger partial charge is 0.393 e. The predicted octanol–water partition coefficient (Wildman–Crippen LogP) is 3.40. The molecule has 0 unspecified atom stereocenters. The number of nitrogens with one attached hydrogen (secondary N) is 1. The van der Waals surface area contributed by atoms with Crippen molar-refractivity contribution in [2.45, 2.75) is 50.4 Å². The summed E-state index contributed by atoms with van der Waals surface area (Å²) >= 11 is 0. The van der Waals surface area contributed by atoms with E-state index in [1.165, 1.54) is 36.7 Å². The lowest BCUT2D eigenvalue weighted by molar-refractivity contribution is -0.151. The maximum Gasteiger partial charge on any atom is 0.284 e. The minimum Gasteiger partial charge on any atom is -0.393 e. The van der Waals surface area contributed by atoms with Crippen LogP contribution in [0.3, 0.4) is 0 Å². The van der Waals surface area contributed by atoms with Gasteiger partial charge in [-0.2, -0.15) is 9.78 Å². The van der Waals surface area contributed by atoms with E-state index >= 15 is 0 Å². The number of aromatic nitrogens is 3. The first-order valence-corrected chi connectivity index (χ1v) is 11.4. The van der Waals surface area contributed by atoms with E-state index in [9.17, 15) is 19.1 Å². The number of aliphatic hydroxyl groups is 1. The van der Waals surface area contributed by atoms with Gasteiger partial charge in [-0.15, -0.1) is 0 Å². The topological polar surface area (TPSA) is 106 Å². The standard InChI is InChI=1S/C25H25FN4O4/c26-18-6-2-3-7-20(18)30-25(33)17(10-12-28-30)24(32)29-19-14-27-11-9-15(19)23-13-21(31)16-5-1-4-8-22(16)34-23/h2-3,6-7,9-12,14,16,21-23,31H,1,4-5,8,13H2,(H,29,32)/t16-,21-,22-,23-/m1/s1. The minimum atomic E-state index is -0.745. The molecule has 1 aliphatic carbocycles. The molecule has 34 heavy (non-hydrogen) atoms. The summed E-state index contributed by atoms with van der Waals surface area (Å²) in [6, 6.07) is 8.75. The lowest BCUT2D eigenvalue weighted by atomic mass is 9.78. The number of hydrogen-bond donors (Lipinski definition) is 2. The summed E-state index contributed by atoms with van der Waals surface area (Å²) < 4.78 is 21.4. The fourth-order valence-electron chi connectivity index (χ4n) is 4.96. The Kier molecular flexibility index (Phi) is 6.21. The number of benzene rings is 1. The van der Waals surface area contributed by atoms with Crippen molar-refractivity contribution in [2.24, 2.45) is 5.92 Å². The fraction of sp³-hybridized carbons (Fsp3) is 0.360. The van der Waals surface area contributed by atoms with E-state index in [0.29, 0.717) is 17.7 Å². The monoisotopic (exact) mass is 464 g/mol. The molecular formula is C25H25FN4O4. The highest BCUT2D eigenvalue weighted by molar-refractivity contribution is 6.04. The number of amides is 1. The molecule has 2 aliphatic rings. The number of aliphatic hydroxyl groups excluding tert-OH is 1. The van der Waals surface area contributed by atoms with Gasteiger partial charge in [0.25, 0.3) is 11.5 Å². The van der Waals surface area contributed by atoms with Gasteiger partial charge in [0.2, 0.25) is 0 Å². The number of rotatable bonds is 4. The molecule has 9 heteroatoms. The van der Waals surface area contributed by atoms with Gasteiger partial charge < -0.3 is 15.2 Å². The van der Waals surface area contributed by atoms with Gasteiger partial charge in [0.1, 0.15) is 17.1 Å². The number of nitrogens with zero attached hydrogens (tertiary/aromatic N) is 3. The van der Waals surface area contributed by atoms with Crippen LogP contribution in [0.2, 0.25) is 0 Å². The van der Waals surface area contributed by atoms with Crippen molar-refractivity contribution in [3.8, 4) is 5.69 Å². The molecule has 2 aromatic heterocycles. The molecule has 5 rings (SSSR count). The van der Waals surface area contributed by atoms with Crippen LogP contribution in [0.1, 0.15) is 54.1 Å². The summed E-state index contributed by atoms with van der Waals surface area (Å²) in [5.41, 5.74) is 0.105. The van der Waals surface area contributed by atoms with E-state index in [4.69, 9.17) is 4.74 Å². The normalized spacial score (nSPS) is 24.3. The number of carbonyl (C=O) groups excluding carboxylic acids is 1. The smallest absolute Gasteiger partial charge is 0.284 e. The molecule has 8 nitrogen and oxygen atoms in total. The van der Waals surface area contributed by atoms with E-state index < -0.39 is 29.5 Å². The van der Waals surface area contributed by atoms with Crippen LogP contribution in [0, 0.1) is 11.7 Å². The molecular weight excluding hydrogens is 439 g/mol. The second kappa shape index (κ2) is 9.44. The van der Waals surface area contributed by atoms with E-state index in [2.05, 4.69) is 15.4 Å². The van der Waals surface area contributed by atoms with Crippen LogP contribution < -0.4 is 10.9 Å². The van der Waals surface area contributed by atoms with Gasteiger partial charge in [-0.3, -0.25) is 14.6 Å². The number of hydrogen-bond acceptors (Lipinski definition) is 6. The van der Waals surface area contributed by atoms with Crippen molar-refractivity contribution < 1.29 is 19.0 Å². The van der Waals surface area contributed by atoms with E-state index in [1.54, 1.807) is 18.3 Å². The number of pyridine rings is 1. The van der Waals surface area contributed by atoms with Crippen molar-refractivity contribution in [1.82, 2.24) is 14.8 Å². The molecule has 0 spiro atoms. The van der Waals surface area contributed by atoms with Crippen LogP contribution in [0.5, 0.6) is 0 Å². The van der Waals surface area contributed by atoms with E-state index in [-0.39, 0.29) is 23.3 Å². The van der Waals surface area contributed by atoms with Gasteiger partial charge in [-0.1, -0.05) is 25.0 Å². The van der Waals surface area contributed by atoms with Crippen molar-refractivity contribution in [1.29, 1.82) is 0 Å². The second-order valence-electron chi connectivity index (χ2n) is 8.74. The maximum absolute atomic E-state index is 14.2. The van der Waals surface area contributed by atoms with Crippen LogP contribution in [-0.4, -0.2) is 38.0 Å². The zero-order chi connectivity index (χ0) is 23.7. The Hall–Kier alpha value is -3.43. The van der Waals surface area contributed by atoms with Crippen LogP contribution in [-0.2, 0) is 4.74 Å². The first-order chi connectivity index (χ1) is 16.5. The Labute approximate surface area is 195 Å². The lowest BCUT2D eigenvalue weighted by Crippen LogP contribution is -2.43. The third-order valence-electron chi connectivity index (χ3n) is 6.66. The summed E-state index contributed by atoms with van der Waals surface area (Å²) in [6.07, 6.45) is 7.90. The molecule has 0 bridgehead atoms. The Bertz CT molecular complexity index is 1260.